The number of hydrogen-bond acceptors (Lipinski definition) is 7. The summed E-state index contributed by atoms with van der Waals surface area (Å²) in [5, 5.41) is 14.0. The summed E-state index contributed by atoms with van der Waals surface area (Å²) < 4.78 is 24.3. The van der Waals surface area contributed by atoms with Gasteiger partial charge in [0.25, 0.3) is 0 Å². The summed E-state index contributed by atoms with van der Waals surface area (Å²) in [6.07, 6.45) is 1.42. The highest BCUT2D eigenvalue weighted by Gasteiger charge is 2.12. The number of nitrogens with zero attached hydrogens (tertiary/aromatic N) is 3. The number of halogens is 2. The van der Waals surface area contributed by atoms with E-state index in [1.54, 1.807) is 30.3 Å². The second-order valence-corrected chi connectivity index (χ2v) is 5.49. The molecule has 0 saturated heterocycles. The molecular weight excluding hydrogens is 361 g/mol. The predicted octanol–water partition coefficient (Wildman–Crippen LogP) is 4.17. The Kier molecular flexibility index (Phi) is 5.33. The van der Waals surface area contributed by atoms with Crippen molar-refractivity contribution in [2.24, 2.45) is 0 Å². The van der Waals surface area contributed by atoms with Crippen molar-refractivity contribution < 1.29 is 13.9 Å². The minimum Gasteiger partial charge on any atom is -0.495 e. The number of ether oxygens (including phenoxy) is 2. The first-order chi connectivity index (χ1) is 12.6. The Hall–Kier alpha value is -3.13. The standard InChI is InChI=1S/C17H15ClFN5O2/c1-25-14-8-13(15(26-2)7-10(14)18)21-16-9-20-24-17(23-16)22-12-6-4-3-5-11(12)19/h3-9H,1-2H3,(H2,21,22,23,24). The molecule has 0 radical (unpaired) electrons. The molecule has 2 N–H and O–H groups in total. The van der Waals surface area contributed by atoms with Crippen LogP contribution in [0.15, 0.2) is 42.6 Å². The summed E-state index contributed by atoms with van der Waals surface area (Å²) in [5.74, 6) is 1.07. The van der Waals surface area contributed by atoms with Crippen LogP contribution in [0.1, 0.15) is 0 Å². The highest BCUT2D eigenvalue weighted by atomic mass is 35.5. The molecule has 26 heavy (non-hydrogen) atoms. The van der Waals surface area contributed by atoms with Gasteiger partial charge >= 0.3 is 0 Å². The van der Waals surface area contributed by atoms with Crippen molar-refractivity contribution in [3.63, 3.8) is 0 Å². The van der Waals surface area contributed by atoms with Gasteiger partial charge in [0.2, 0.25) is 5.95 Å². The van der Waals surface area contributed by atoms with Gasteiger partial charge in [-0.15, -0.1) is 5.10 Å². The second-order valence-electron chi connectivity index (χ2n) is 5.08. The number of hydrogen-bond donors (Lipinski definition) is 2. The van der Waals surface area contributed by atoms with Gasteiger partial charge < -0.3 is 20.1 Å². The first-order valence-electron chi connectivity index (χ1n) is 7.50. The number of anilines is 4. The molecule has 3 aromatic rings. The molecule has 0 fully saturated rings. The molecule has 134 valence electrons. The number of methoxy groups -OCH3 is 2. The van der Waals surface area contributed by atoms with Gasteiger partial charge in [0.1, 0.15) is 17.3 Å². The highest BCUT2D eigenvalue weighted by Crippen LogP contribution is 2.37. The van der Waals surface area contributed by atoms with E-state index in [2.05, 4.69) is 25.8 Å². The summed E-state index contributed by atoms with van der Waals surface area (Å²) in [7, 11) is 3.03. The van der Waals surface area contributed by atoms with Gasteiger partial charge in [0.05, 0.1) is 36.8 Å². The average Bonchev–Trinajstić information content (AvgIpc) is 2.65. The molecule has 3 rings (SSSR count). The number of aromatic nitrogens is 3. The molecule has 0 aliphatic carbocycles. The van der Waals surface area contributed by atoms with Crippen LogP contribution in [0.25, 0.3) is 0 Å². The Morgan fingerprint density at radius 1 is 1.00 bits per heavy atom. The molecule has 0 spiro atoms. The van der Waals surface area contributed by atoms with Gasteiger partial charge in [0, 0.05) is 12.1 Å². The normalized spacial score (nSPS) is 10.3. The number of para-hydroxylation sites is 1. The fourth-order valence-corrected chi connectivity index (χ4v) is 2.43. The molecule has 0 bridgehead atoms. The van der Waals surface area contributed by atoms with Crippen molar-refractivity contribution in [1.29, 1.82) is 0 Å². The lowest BCUT2D eigenvalue weighted by atomic mass is 10.2. The van der Waals surface area contributed by atoms with Crippen molar-refractivity contribution in [3.05, 3.63) is 53.4 Å². The van der Waals surface area contributed by atoms with Crippen LogP contribution in [0.5, 0.6) is 11.5 Å². The summed E-state index contributed by atoms with van der Waals surface area (Å²) in [6.45, 7) is 0. The highest BCUT2D eigenvalue weighted by molar-refractivity contribution is 6.32. The Balaban J connectivity index is 1.86. The lowest BCUT2D eigenvalue weighted by Gasteiger charge is -2.13. The molecule has 1 heterocycles. The fourth-order valence-electron chi connectivity index (χ4n) is 2.20. The topological polar surface area (TPSA) is 81.2 Å². The van der Waals surface area contributed by atoms with Crippen LogP contribution >= 0.6 is 11.6 Å². The molecular formula is C17H15ClFN5O2. The van der Waals surface area contributed by atoms with Gasteiger partial charge in [-0.1, -0.05) is 23.7 Å². The zero-order valence-electron chi connectivity index (χ0n) is 14.0. The average molecular weight is 376 g/mol. The number of benzene rings is 2. The Morgan fingerprint density at radius 3 is 2.50 bits per heavy atom. The molecule has 0 unspecified atom stereocenters. The molecule has 9 heteroatoms. The van der Waals surface area contributed by atoms with E-state index in [9.17, 15) is 4.39 Å². The molecule has 0 saturated carbocycles. The van der Waals surface area contributed by atoms with Crippen molar-refractivity contribution in [3.8, 4) is 11.5 Å². The van der Waals surface area contributed by atoms with Crippen LogP contribution in [-0.4, -0.2) is 29.4 Å². The van der Waals surface area contributed by atoms with Gasteiger partial charge in [-0.25, -0.2) is 4.39 Å². The summed E-state index contributed by atoms with van der Waals surface area (Å²) in [6, 6.07) is 9.50. The first kappa shape index (κ1) is 17.7. The van der Waals surface area contributed by atoms with Crippen molar-refractivity contribution in [2.75, 3.05) is 24.9 Å². The maximum atomic E-state index is 13.7. The van der Waals surface area contributed by atoms with E-state index in [-0.39, 0.29) is 11.6 Å². The third kappa shape index (κ3) is 3.92. The molecule has 7 nitrogen and oxygen atoms in total. The number of rotatable bonds is 6. The summed E-state index contributed by atoms with van der Waals surface area (Å²) in [5.41, 5.74) is 0.822. The van der Waals surface area contributed by atoms with Gasteiger partial charge in [-0.2, -0.15) is 10.1 Å². The second kappa shape index (κ2) is 7.83. The first-order valence-corrected chi connectivity index (χ1v) is 7.88. The maximum absolute atomic E-state index is 13.7. The lowest BCUT2D eigenvalue weighted by molar-refractivity contribution is 0.405. The Morgan fingerprint density at radius 2 is 1.77 bits per heavy atom. The van der Waals surface area contributed by atoms with Crippen molar-refractivity contribution in [1.82, 2.24) is 15.2 Å². The van der Waals surface area contributed by atoms with E-state index in [1.165, 1.54) is 26.5 Å². The molecule has 2 aromatic carbocycles. The van der Waals surface area contributed by atoms with E-state index >= 15 is 0 Å². The van der Waals surface area contributed by atoms with Gasteiger partial charge in [-0.3, -0.25) is 0 Å². The predicted molar refractivity (Wildman–Crippen MR) is 97.3 cm³/mol. The SMILES string of the molecule is COc1cc(Nc2cnnc(Nc3ccccc3F)n2)c(OC)cc1Cl. The zero-order chi connectivity index (χ0) is 18.5. The molecule has 0 aliphatic rings. The summed E-state index contributed by atoms with van der Waals surface area (Å²) in [4.78, 5) is 4.27. The summed E-state index contributed by atoms with van der Waals surface area (Å²) >= 11 is 6.10. The third-order valence-electron chi connectivity index (χ3n) is 3.42. The molecule has 0 aliphatic heterocycles. The van der Waals surface area contributed by atoms with E-state index < -0.39 is 5.82 Å². The molecule has 0 amide bonds. The smallest absolute Gasteiger partial charge is 0.249 e. The Labute approximate surface area is 154 Å². The van der Waals surface area contributed by atoms with Crippen molar-refractivity contribution in [2.45, 2.75) is 0 Å². The minimum atomic E-state index is -0.418. The van der Waals surface area contributed by atoms with E-state index in [0.717, 1.165) is 0 Å². The van der Waals surface area contributed by atoms with Crippen LogP contribution in [0.4, 0.5) is 27.5 Å². The van der Waals surface area contributed by atoms with Crippen LogP contribution in [0, 0.1) is 5.82 Å². The largest absolute Gasteiger partial charge is 0.495 e. The monoisotopic (exact) mass is 375 g/mol. The van der Waals surface area contributed by atoms with Crippen LogP contribution in [0.2, 0.25) is 5.02 Å². The van der Waals surface area contributed by atoms with Gasteiger partial charge in [0.15, 0.2) is 5.82 Å². The number of nitrogens with one attached hydrogen (secondary N) is 2. The third-order valence-corrected chi connectivity index (χ3v) is 3.71. The molecule has 1 aromatic heterocycles. The van der Waals surface area contributed by atoms with Crippen LogP contribution < -0.4 is 20.1 Å². The van der Waals surface area contributed by atoms with Gasteiger partial charge in [-0.05, 0) is 12.1 Å². The van der Waals surface area contributed by atoms with Crippen LogP contribution in [-0.2, 0) is 0 Å². The molecule has 0 atom stereocenters. The zero-order valence-corrected chi connectivity index (χ0v) is 14.7. The van der Waals surface area contributed by atoms with E-state index in [0.29, 0.717) is 28.0 Å². The van der Waals surface area contributed by atoms with E-state index in [4.69, 9.17) is 21.1 Å². The quantitative estimate of drug-likeness (QED) is 0.669. The minimum absolute atomic E-state index is 0.139. The maximum Gasteiger partial charge on any atom is 0.249 e. The fraction of sp³-hybridized carbons (Fsp3) is 0.118. The van der Waals surface area contributed by atoms with Crippen LogP contribution in [0.3, 0.4) is 0 Å². The Bertz CT molecular complexity index is 925. The van der Waals surface area contributed by atoms with Crippen molar-refractivity contribution >= 4 is 34.7 Å². The van der Waals surface area contributed by atoms with E-state index in [1.807, 2.05) is 0 Å². The lowest BCUT2D eigenvalue weighted by Crippen LogP contribution is -2.04.